The molecule has 1 aliphatic carbocycles. The summed E-state index contributed by atoms with van der Waals surface area (Å²) in [6, 6.07) is 12.4. The summed E-state index contributed by atoms with van der Waals surface area (Å²) in [5.74, 6) is 0.719. The molecule has 1 aliphatic rings. The maximum Gasteiger partial charge on any atom is 0.287 e. The van der Waals surface area contributed by atoms with E-state index in [4.69, 9.17) is 27.6 Å². The molecule has 2 N–H and O–H groups in total. The number of benzene rings is 2. The molecule has 0 aliphatic heterocycles. The summed E-state index contributed by atoms with van der Waals surface area (Å²) in [4.78, 5) is 32.8. The Balaban J connectivity index is 1.15. The molecule has 1 fully saturated rings. The van der Waals surface area contributed by atoms with E-state index in [1.807, 2.05) is 0 Å². The highest BCUT2D eigenvalue weighted by Crippen LogP contribution is 2.29. The number of amides is 1. The van der Waals surface area contributed by atoms with Gasteiger partial charge in [-0.2, -0.15) is 0 Å². The molecule has 0 atom stereocenters. The molecule has 8 heteroatoms. The first kappa shape index (κ1) is 21.0. The van der Waals surface area contributed by atoms with Gasteiger partial charge in [-0.1, -0.05) is 23.2 Å². The molecule has 164 valence electrons. The van der Waals surface area contributed by atoms with Gasteiger partial charge < -0.3 is 14.7 Å². The summed E-state index contributed by atoms with van der Waals surface area (Å²) < 4.78 is 5.65. The van der Waals surface area contributed by atoms with Crippen LogP contribution in [0.15, 0.2) is 46.9 Å². The third-order valence-corrected chi connectivity index (χ3v) is 6.54. The zero-order valence-corrected chi connectivity index (χ0v) is 18.7. The second kappa shape index (κ2) is 8.60. The number of halogens is 2. The number of nitrogens with zero attached hydrogens (tertiary/aromatic N) is 1. The van der Waals surface area contributed by atoms with Crippen molar-refractivity contribution in [3.63, 3.8) is 0 Å². The number of carbonyl (C=O) groups is 2. The van der Waals surface area contributed by atoms with Crippen LogP contribution >= 0.6 is 23.2 Å². The van der Waals surface area contributed by atoms with E-state index < -0.39 is 0 Å². The van der Waals surface area contributed by atoms with E-state index in [0.717, 1.165) is 42.1 Å². The Kier molecular flexibility index (Phi) is 5.66. The summed E-state index contributed by atoms with van der Waals surface area (Å²) in [7, 11) is 0. The number of carbonyl (C=O) groups excluding carboxylic acids is 2. The number of nitrogens with one attached hydrogen (secondary N) is 2. The van der Waals surface area contributed by atoms with E-state index in [9.17, 15) is 9.59 Å². The average molecular weight is 470 g/mol. The van der Waals surface area contributed by atoms with E-state index in [-0.39, 0.29) is 29.4 Å². The van der Waals surface area contributed by atoms with E-state index in [1.165, 1.54) is 0 Å². The standard InChI is InChI=1S/C24H21Cl2N3O3/c25-15-4-8-21-14(10-15)11-22(32-21)24(31)27-17-5-1-13(2-6-17)9-20(30)23-28-18-7-3-16(26)12-19(18)29-23/h3-4,7-8,10-13,17H,1-2,5-6,9H2,(H,27,31)(H,28,29). The van der Waals surface area contributed by atoms with Crippen LogP contribution in [0.3, 0.4) is 0 Å². The number of fused-ring (bicyclic) bond motifs is 2. The van der Waals surface area contributed by atoms with Gasteiger partial charge in [0.25, 0.3) is 5.91 Å². The molecule has 1 saturated carbocycles. The van der Waals surface area contributed by atoms with Crippen molar-refractivity contribution in [1.29, 1.82) is 0 Å². The van der Waals surface area contributed by atoms with Gasteiger partial charge in [0, 0.05) is 27.9 Å². The summed E-state index contributed by atoms with van der Waals surface area (Å²) in [6.45, 7) is 0. The van der Waals surface area contributed by atoms with Gasteiger partial charge in [-0.3, -0.25) is 9.59 Å². The predicted molar refractivity (Wildman–Crippen MR) is 124 cm³/mol. The second-order valence-corrected chi connectivity index (χ2v) is 9.23. The van der Waals surface area contributed by atoms with Crippen molar-refractivity contribution in [3.8, 4) is 0 Å². The molecule has 0 unspecified atom stereocenters. The number of aromatic amines is 1. The number of rotatable bonds is 5. The molecule has 0 spiro atoms. The molecule has 0 radical (unpaired) electrons. The number of hydrogen-bond donors (Lipinski definition) is 2. The summed E-state index contributed by atoms with van der Waals surface area (Å²) in [6.07, 6.45) is 3.84. The quantitative estimate of drug-likeness (QED) is 0.341. The molecule has 1 amide bonds. The first-order chi connectivity index (χ1) is 15.4. The zero-order valence-electron chi connectivity index (χ0n) is 17.2. The Morgan fingerprint density at radius 2 is 1.78 bits per heavy atom. The third kappa shape index (κ3) is 4.38. The van der Waals surface area contributed by atoms with E-state index >= 15 is 0 Å². The molecular weight excluding hydrogens is 449 g/mol. The lowest BCUT2D eigenvalue weighted by molar-refractivity contribution is 0.0876. The van der Waals surface area contributed by atoms with Gasteiger partial charge >= 0.3 is 0 Å². The average Bonchev–Trinajstić information content (AvgIpc) is 3.38. The minimum Gasteiger partial charge on any atom is -0.451 e. The number of furan rings is 1. The Morgan fingerprint density at radius 3 is 2.59 bits per heavy atom. The summed E-state index contributed by atoms with van der Waals surface area (Å²) in [5.41, 5.74) is 2.13. The lowest BCUT2D eigenvalue weighted by Crippen LogP contribution is -2.37. The highest BCUT2D eigenvalue weighted by Gasteiger charge is 2.26. The molecule has 2 heterocycles. The van der Waals surface area contributed by atoms with Gasteiger partial charge in [-0.25, -0.2) is 4.98 Å². The highest BCUT2D eigenvalue weighted by atomic mass is 35.5. The van der Waals surface area contributed by atoms with Crippen molar-refractivity contribution < 1.29 is 14.0 Å². The van der Waals surface area contributed by atoms with Gasteiger partial charge in [-0.15, -0.1) is 0 Å². The number of aromatic nitrogens is 2. The van der Waals surface area contributed by atoms with Crippen molar-refractivity contribution in [3.05, 3.63) is 64.1 Å². The number of H-pyrrole nitrogens is 1. The van der Waals surface area contributed by atoms with E-state index in [1.54, 1.807) is 42.5 Å². The Morgan fingerprint density at radius 1 is 1.03 bits per heavy atom. The third-order valence-electron chi connectivity index (χ3n) is 6.07. The van der Waals surface area contributed by atoms with Crippen molar-refractivity contribution in [1.82, 2.24) is 15.3 Å². The fraction of sp³-hybridized carbons (Fsp3) is 0.292. The topological polar surface area (TPSA) is 88.0 Å². The monoisotopic (exact) mass is 469 g/mol. The Labute approximate surface area is 194 Å². The molecule has 32 heavy (non-hydrogen) atoms. The van der Waals surface area contributed by atoms with Gasteiger partial charge in [0.05, 0.1) is 11.0 Å². The first-order valence-electron chi connectivity index (χ1n) is 10.6. The minimum atomic E-state index is -0.224. The van der Waals surface area contributed by atoms with Gasteiger partial charge in [0.1, 0.15) is 5.58 Å². The fourth-order valence-electron chi connectivity index (χ4n) is 4.37. The molecule has 0 bridgehead atoms. The smallest absolute Gasteiger partial charge is 0.287 e. The van der Waals surface area contributed by atoms with Crippen LogP contribution in [0.4, 0.5) is 0 Å². The molecular formula is C24H21Cl2N3O3. The van der Waals surface area contributed by atoms with Gasteiger partial charge in [0.15, 0.2) is 17.4 Å². The molecule has 5 rings (SSSR count). The summed E-state index contributed by atoms with van der Waals surface area (Å²) in [5, 5.41) is 5.07. The number of Topliss-reactive ketones (excluding diaryl/α,β-unsaturated/α-hetero) is 1. The molecule has 0 saturated heterocycles. The normalized spacial score (nSPS) is 18.8. The minimum absolute atomic E-state index is 0.00532. The van der Waals surface area contributed by atoms with Crippen LogP contribution in [-0.2, 0) is 0 Å². The van der Waals surface area contributed by atoms with Crippen LogP contribution in [0.1, 0.15) is 53.3 Å². The van der Waals surface area contributed by atoms with Crippen molar-refractivity contribution in [2.24, 2.45) is 5.92 Å². The van der Waals surface area contributed by atoms with Crippen LogP contribution in [0, 0.1) is 5.92 Å². The van der Waals surface area contributed by atoms with Crippen LogP contribution < -0.4 is 5.32 Å². The lowest BCUT2D eigenvalue weighted by atomic mass is 9.83. The number of imidazole rings is 1. The van der Waals surface area contributed by atoms with E-state index in [0.29, 0.717) is 27.9 Å². The number of ketones is 1. The first-order valence-corrected chi connectivity index (χ1v) is 11.4. The molecule has 6 nitrogen and oxygen atoms in total. The number of hydrogen-bond acceptors (Lipinski definition) is 4. The molecule has 2 aromatic heterocycles. The second-order valence-electron chi connectivity index (χ2n) is 8.36. The predicted octanol–water partition coefficient (Wildman–Crippen LogP) is 6.18. The van der Waals surface area contributed by atoms with E-state index in [2.05, 4.69) is 15.3 Å². The van der Waals surface area contributed by atoms with Crippen molar-refractivity contribution in [2.45, 2.75) is 38.1 Å². The largest absolute Gasteiger partial charge is 0.451 e. The lowest BCUT2D eigenvalue weighted by Gasteiger charge is -2.28. The van der Waals surface area contributed by atoms with Gasteiger partial charge in [-0.05, 0) is 74.1 Å². The van der Waals surface area contributed by atoms with Crippen LogP contribution in [0.2, 0.25) is 10.0 Å². The maximum absolute atomic E-state index is 12.7. The fourth-order valence-corrected chi connectivity index (χ4v) is 4.72. The van der Waals surface area contributed by atoms with Gasteiger partial charge in [0.2, 0.25) is 0 Å². The zero-order chi connectivity index (χ0) is 22.2. The van der Waals surface area contributed by atoms with Crippen LogP contribution in [-0.4, -0.2) is 27.7 Å². The molecule has 4 aromatic rings. The maximum atomic E-state index is 12.7. The van der Waals surface area contributed by atoms with Crippen LogP contribution in [0.25, 0.3) is 22.0 Å². The van der Waals surface area contributed by atoms with Crippen molar-refractivity contribution >= 4 is 56.9 Å². The SMILES string of the molecule is O=C(CC1CCC(NC(=O)c2cc3cc(Cl)ccc3o2)CC1)c1nc2ccc(Cl)cc2[nH]1. The summed E-state index contributed by atoms with van der Waals surface area (Å²) >= 11 is 12.0. The molecule has 2 aromatic carbocycles. The highest BCUT2D eigenvalue weighted by molar-refractivity contribution is 6.31. The van der Waals surface area contributed by atoms with Crippen molar-refractivity contribution in [2.75, 3.05) is 0 Å². The van der Waals surface area contributed by atoms with Crippen LogP contribution in [0.5, 0.6) is 0 Å². The Hall–Kier alpha value is -2.83. The Bertz CT molecular complexity index is 1220.